The summed E-state index contributed by atoms with van der Waals surface area (Å²) in [6, 6.07) is 7.12. The van der Waals surface area contributed by atoms with E-state index in [1.54, 1.807) is 36.9 Å². The van der Waals surface area contributed by atoms with Crippen molar-refractivity contribution in [3.8, 4) is 5.69 Å². The van der Waals surface area contributed by atoms with Crippen molar-refractivity contribution in [1.29, 1.82) is 0 Å². The Kier molecular flexibility index (Phi) is 4.32. The summed E-state index contributed by atoms with van der Waals surface area (Å²) in [4.78, 5) is 14.3. The lowest BCUT2D eigenvalue weighted by atomic mass is 10.1. The maximum absolute atomic E-state index is 12.7. The Bertz CT molecular complexity index is 604. The molecule has 1 heterocycles. The van der Waals surface area contributed by atoms with Crippen LogP contribution in [0.2, 0.25) is 0 Å². The van der Waals surface area contributed by atoms with E-state index < -0.39 is 5.60 Å². The molecule has 1 aromatic carbocycles. The van der Waals surface area contributed by atoms with Gasteiger partial charge in [0.25, 0.3) is 5.91 Å². The molecule has 21 heavy (non-hydrogen) atoms. The van der Waals surface area contributed by atoms with Crippen molar-refractivity contribution >= 4 is 5.91 Å². The standard InChI is InChI=1S/C14H19N5O2/c1-4-18(9-14(2,3)21)13(20)11-7-5-6-8-12(11)19-10-15-16-17-19/h5-8,10,21H,4,9H2,1-3H3. The molecular formula is C14H19N5O2. The van der Waals surface area contributed by atoms with Gasteiger partial charge < -0.3 is 10.0 Å². The SMILES string of the molecule is CCN(CC(C)(C)O)C(=O)c1ccccc1-n1cnnn1. The van der Waals surface area contributed by atoms with Crippen LogP contribution in [0, 0.1) is 0 Å². The van der Waals surface area contributed by atoms with Crippen molar-refractivity contribution in [3.63, 3.8) is 0 Å². The van der Waals surface area contributed by atoms with E-state index in [0.29, 0.717) is 17.8 Å². The van der Waals surface area contributed by atoms with Crippen molar-refractivity contribution < 1.29 is 9.90 Å². The quantitative estimate of drug-likeness (QED) is 0.884. The molecular weight excluding hydrogens is 270 g/mol. The molecule has 7 heteroatoms. The molecule has 0 radical (unpaired) electrons. The topological polar surface area (TPSA) is 84.1 Å². The number of carbonyl (C=O) groups excluding carboxylic acids is 1. The number of aliphatic hydroxyl groups is 1. The van der Waals surface area contributed by atoms with Gasteiger partial charge in [-0.2, -0.15) is 4.68 Å². The highest BCUT2D eigenvalue weighted by molar-refractivity contribution is 5.97. The van der Waals surface area contributed by atoms with Gasteiger partial charge in [0.1, 0.15) is 6.33 Å². The Labute approximate surface area is 123 Å². The van der Waals surface area contributed by atoms with E-state index >= 15 is 0 Å². The van der Waals surface area contributed by atoms with E-state index in [2.05, 4.69) is 15.5 Å². The van der Waals surface area contributed by atoms with E-state index in [1.165, 1.54) is 11.0 Å². The third-order valence-electron chi connectivity index (χ3n) is 2.98. The van der Waals surface area contributed by atoms with Crippen molar-refractivity contribution in [2.75, 3.05) is 13.1 Å². The minimum Gasteiger partial charge on any atom is -0.389 e. The number of carbonyl (C=O) groups is 1. The number of likely N-dealkylation sites (N-methyl/N-ethyl adjacent to an activating group) is 1. The minimum atomic E-state index is -0.949. The summed E-state index contributed by atoms with van der Waals surface area (Å²) < 4.78 is 1.45. The number of para-hydroxylation sites is 1. The lowest BCUT2D eigenvalue weighted by molar-refractivity contribution is 0.0314. The van der Waals surface area contributed by atoms with Gasteiger partial charge in [-0.1, -0.05) is 12.1 Å². The van der Waals surface area contributed by atoms with E-state index in [1.807, 2.05) is 13.0 Å². The van der Waals surface area contributed by atoms with Crippen LogP contribution in [0.25, 0.3) is 5.69 Å². The average molecular weight is 289 g/mol. The van der Waals surface area contributed by atoms with E-state index in [4.69, 9.17) is 0 Å². The van der Waals surface area contributed by atoms with Gasteiger partial charge in [-0.25, -0.2) is 0 Å². The molecule has 0 spiro atoms. The molecule has 0 atom stereocenters. The zero-order chi connectivity index (χ0) is 15.5. The summed E-state index contributed by atoms with van der Waals surface area (Å²) in [6.45, 7) is 5.99. The van der Waals surface area contributed by atoms with Gasteiger partial charge in [0.2, 0.25) is 0 Å². The molecule has 0 aliphatic carbocycles. The number of nitrogens with zero attached hydrogens (tertiary/aromatic N) is 5. The summed E-state index contributed by atoms with van der Waals surface area (Å²) >= 11 is 0. The predicted molar refractivity (Wildman–Crippen MR) is 77.0 cm³/mol. The average Bonchev–Trinajstić information content (AvgIpc) is 2.97. The molecule has 0 bridgehead atoms. The highest BCUT2D eigenvalue weighted by Gasteiger charge is 2.24. The van der Waals surface area contributed by atoms with Gasteiger partial charge in [0.05, 0.1) is 16.9 Å². The Hall–Kier alpha value is -2.28. The third kappa shape index (κ3) is 3.63. The second-order valence-corrected chi connectivity index (χ2v) is 5.40. The molecule has 1 N–H and O–H groups in total. The number of tetrazole rings is 1. The fraction of sp³-hybridized carbons (Fsp3) is 0.429. The Morgan fingerprint density at radius 1 is 1.38 bits per heavy atom. The maximum Gasteiger partial charge on any atom is 0.256 e. The summed E-state index contributed by atoms with van der Waals surface area (Å²) in [7, 11) is 0. The molecule has 2 aromatic rings. The van der Waals surface area contributed by atoms with E-state index in [-0.39, 0.29) is 12.5 Å². The smallest absolute Gasteiger partial charge is 0.256 e. The number of amides is 1. The minimum absolute atomic E-state index is 0.161. The van der Waals surface area contributed by atoms with E-state index in [0.717, 1.165) is 0 Å². The fourth-order valence-corrected chi connectivity index (χ4v) is 2.09. The lowest BCUT2D eigenvalue weighted by Gasteiger charge is -2.28. The second kappa shape index (κ2) is 6.01. The maximum atomic E-state index is 12.7. The van der Waals surface area contributed by atoms with Crippen LogP contribution in [0.1, 0.15) is 31.1 Å². The van der Waals surface area contributed by atoms with Crippen molar-refractivity contribution in [3.05, 3.63) is 36.2 Å². The summed E-state index contributed by atoms with van der Waals surface area (Å²) in [6.07, 6.45) is 1.44. The molecule has 0 fully saturated rings. The number of benzene rings is 1. The van der Waals surface area contributed by atoms with Gasteiger partial charge >= 0.3 is 0 Å². The van der Waals surface area contributed by atoms with Crippen LogP contribution in [0.5, 0.6) is 0 Å². The first kappa shape index (κ1) is 15.1. The molecule has 1 amide bonds. The molecule has 7 nitrogen and oxygen atoms in total. The Morgan fingerprint density at radius 2 is 2.10 bits per heavy atom. The normalized spacial score (nSPS) is 11.4. The third-order valence-corrected chi connectivity index (χ3v) is 2.98. The fourth-order valence-electron chi connectivity index (χ4n) is 2.09. The Balaban J connectivity index is 2.35. The van der Waals surface area contributed by atoms with Crippen LogP contribution in [-0.4, -0.2) is 54.8 Å². The van der Waals surface area contributed by atoms with Crippen LogP contribution in [0.4, 0.5) is 0 Å². The molecule has 112 valence electrons. The number of hydrogen-bond acceptors (Lipinski definition) is 5. The van der Waals surface area contributed by atoms with Crippen LogP contribution >= 0.6 is 0 Å². The molecule has 0 unspecified atom stereocenters. The zero-order valence-corrected chi connectivity index (χ0v) is 12.4. The van der Waals surface area contributed by atoms with Crippen LogP contribution in [-0.2, 0) is 0 Å². The molecule has 2 rings (SSSR count). The van der Waals surface area contributed by atoms with Crippen LogP contribution < -0.4 is 0 Å². The van der Waals surface area contributed by atoms with Gasteiger partial charge in [-0.3, -0.25) is 4.79 Å². The highest BCUT2D eigenvalue weighted by atomic mass is 16.3. The van der Waals surface area contributed by atoms with Gasteiger partial charge in [-0.15, -0.1) is 5.10 Å². The molecule has 1 aromatic heterocycles. The molecule has 0 aliphatic heterocycles. The van der Waals surface area contributed by atoms with Gasteiger partial charge in [0, 0.05) is 13.1 Å². The second-order valence-electron chi connectivity index (χ2n) is 5.40. The Morgan fingerprint density at radius 3 is 2.67 bits per heavy atom. The number of aromatic nitrogens is 4. The largest absolute Gasteiger partial charge is 0.389 e. The lowest BCUT2D eigenvalue weighted by Crippen LogP contribution is -2.42. The van der Waals surface area contributed by atoms with E-state index in [9.17, 15) is 9.90 Å². The van der Waals surface area contributed by atoms with Crippen LogP contribution in [0.15, 0.2) is 30.6 Å². The van der Waals surface area contributed by atoms with Crippen LogP contribution in [0.3, 0.4) is 0 Å². The van der Waals surface area contributed by atoms with Crippen molar-refractivity contribution in [2.45, 2.75) is 26.4 Å². The predicted octanol–water partition coefficient (Wildman–Crippen LogP) is 0.895. The molecule has 0 aliphatic rings. The van der Waals surface area contributed by atoms with Gasteiger partial charge in [0.15, 0.2) is 0 Å². The zero-order valence-electron chi connectivity index (χ0n) is 12.4. The van der Waals surface area contributed by atoms with Crippen molar-refractivity contribution in [1.82, 2.24) is 25.1 Å². The molecule has 0 saturated carbocycles. The first-order valence-electron chi connectivity index (χ1n) is 6.76. The summed E-state index contributed by atoms with van der Waals surface area (Å²) in [5, 5.41) is 20.9. The first-order valence-corrected chi connectivity index (χ1v) is 6.76. The molecule has 0 saturated heterocycles. The summed E-state index contributed by atoms with van der Waals surface area (Å²) in [5.74, 6) is -0.161. The van der Waals surface area contributed by atoms with Gasteiger partial charge in [-0.05, 0) is 43.3 Å². The monoisotopic (exact) mass is 289 g/mol. The number of hydrogen-bond donors (Lipinski definition) is 1. The number of rotatable bonds is 5. The van der Waals surface area contributed by atoms with Crippen molar-refractivity contribution in [2.24, 2.45) is 0 Å². The highest BCUT2D eigenvalue weighted by Crippen LogP contribution is 2.16. The first-order chi connectivity index (χ1) is 9.92. The summed E-state index contributed by atoms with van der Waals surface area (Å²) in [5.41, 5.74) is 0.160.